The zero-order valence-corrected chi connectivity index (χ0v) is 33.5. The first-order valence-corrected chi connectivity index (χ1v) is 22.5. The van der Waals surface area contributed by atoms with Gasteiger partial charge < -0.3 is 4.43 Å². The second-order valence-electron chi connectivity index (χ2n) is 14.6. The molecule has 0 N–H and O–H groups in total. The number of rotatable bonds is 11. The summed E-state index contributed by atoms with van der Waals surface area (Å²) in [5.74, 6) is 3.56. The van der Waals surface area contributed by atoms with Crippen LogP contribution in [0.3, 0.4) is 0 Å². The molecule has 5 nitrogen and oxygen atoms in total. The minimum absolute atomic E-state index is 0.0685. The van der Waals surface area contributed by atoms with Crippen LogP contribution in [-0.4, -0.2) is 43.8 Å². The summed E-state index contributed by atoms with van der Waals surface area (Å²) in [5.41, 5.74) is 7.26. The maximum absolute atomic E-state index is 14.0. The monoisotopic (exact) mass is 695 g/mol. The van der Waals surface area contributed by atoms with Crippen molar-refractivity contribution >= 4 is 49.6 Å². The molecule has 0 radical (unpaired) electrons. The van der Waals surface area contributed by atoms with Gasteiger partial charge in [-0.15, -0.1) is 5.54 Å². The van der Waals surface area contributed by atoms with E-state index in [0.29, 0.717) is 46.1 Å². The highest BCUT2D eigenvalue weighted by molar-refractivity contribution is 7.98. The van der Waals surface area contributed by atoms with Crippen LogP contribution in [0.15, 0.2) is 89.0 Å². The van der Waals surface area contributed by atoms with E-state index in [0.717, 1.165) is 10.9 Å². The van der Waals surface area contributed by atoms with Crippen LogP contribution in [0.5, 0.6) is 0 Å². The zero-order valence-electron chi connectivity index (χ0n) is 30.7. The maximum atomic E-state index is 14.0. The van der Waals surface area contributed by atoms with Crippen molar-refractivity contribution in [3.8, 4) is 11.5 Å². The van der Waals surface area contributed by atoms with Gasteiger partial charge in [-0.2, -0.15) is 0 Å². The van der Waals surface area contributed by atoms with Gasteiger partial charge in [0.1, 0.15) is 13.7 Å². The number of thioether (sulfide) groups is 1. The van der Waals surface area contributed by atoms with Crippen molar-refractivity contribution in [3.63, 3.8) is 0 Å². The molecule has 0 aliphatic heterocycles. The van der Waals surface area contributed by atoms with Crippen molar-refractivity contribution < 1.29 is 4.43 Å². The van der Waals surface area contributed by atoms with Gasteiger partial charge in [-0.3, -0.25) is 9.36 Å². The fourth-order valence-electron chi connectivity index (χ4n) is 7.56. The smallest absolute Gasteiger partial charge is 0.261 e. The first-order chi connectivity index (χ1) is 22.7. The molecule has 48 heavy (non-hydrogen) atoms. The number of allylic oxidation sites excluding steroid dienone is 1. The molecular formula is C40H53N3O2SSi2. The third-order valence-electron chi connectivity index (χ3n) is 9.93. The van der Waals surface area contributed by atoms with E-state index in [1.165, 1.54) is 22.1 Å². The van der Waals surface area contributed by atoms with E-state index >= 15 is 0 Å². The molecule has 0 atom stereocenters. The first kappa shape index (κ1) is 37.6. The molecule has 2 aromatic carbocycles. The molecule has 0 fully saturated rings. The van der Waals surface area contributed by atoms with Crippen LogP contribution in [0, 0.1) is 18.4 Å². The molecule has 0 unspecified atom stereocenters. The molecule has 2 aromatic heterocycles. The van der Waals surface area contributed by atoms with Gasteiger partial charge >= 0.3 is 0 Å². The Hall–Kier alpha value is -3.23. The Balaban J connectivity index is 1.75. The molecule has 4 aromatic rings. The highest BCUT2D eigenvalue weighted by Crippen LogP contribution is 2.41. The maximum Gasteiger partial charge on any atom is 0.261 e. The van der Waals surface area contributed by atoms with Crippen molar-refractivity contribution in [2.75, 3.05) is 12.9 Å². The summed E-state index contributed by atoms with van der Waals surface area (Å²) < 4.78 is 8.80. The second-order valence-corrected chi connectivity index (χ2v) is 25.3. The molecule has 0 aliphatic carbocycles. The molecule has 8 heteroatoms. The summed E-state index contributed by atoms with van der Waals surface area (Å²) in [4.78, 5) is 23.5. The number of nitrogens with zero attached hydrogens (tertiary/aromatic N) is 3. The molecule has 2 heterocycles. The number of benzene rings is 2. The fourth-order valence-corrected chi connectivity index (χ4v) is 17.6. The Bertz CT molecular complexity index is 1790. The van der Waals surface area contributed by atoms with Crippen molar-refractivity contribution in [1.82, 2.24) is 14.5 Å². The van der Waals surface area contributed by atoms with E-state index < -0.39 is 16.4 Å². The van der Waals surface area contributed by atoms with Crippen LogP contribution < -0.4 is 15.9 Å². The van der Waals surface area contributed by atoms with E-state index in [2.05, 4.69) is 139 Å². The molecule has 0 saturated heterocycles. The van der Waals surface area contributed by atoms with Crippen LogP contribution in [0.4, 0.5) is 0 Å². The van der Waals surface area contributed by atoms with Crippen molar-refractivity contribution in [2.24, 2.45) is 0 Å². The number of hydrogen-bond acceptors (Lipinski definition) is 5. The van der Waals surface area contributed by atoms with E-state index in [4.69, 9.17) is 9.41 Å². The Kier molecular flexibility index (Phi) is 12.2. The Morgan fingerprint density at radius 1 is 0.896 bits per heavy atom. The zero-order chi connectivity index (χ0) is 35.3. The Labute approximate surface area is 294 Å². The summed E-state index contributed by atoms with van der Waals surface area (Å²) in [6, 6.07) is 21.3. The quantitative estimate of drug-likeness (QED) is 0.0518. The van der Waals surface area contributed by atoms with E-state index in [1.807, 2.05) is 31.5 Å². The van der Waals surface area contributed by atoms with Crippen LogP contribution in [-0.2, 0) is 11.0 Å². The van der Waals surface area contributed by atoms with Crippen molar-refractivity contribution in [3.05, 3.63) is 100 Å². The third-order valence-corrected chi connectivity index (χ3v) is 21.8. The normalized spacial score (nSPS) is 12.8. The Morgan fingerprint density at radius 3 is 1.92 bits per heavy atom. The molecule has 0 amide bonds. The standard InChI is InChI=1S/C40H53N3O2SSi2/c1-29(2)47(30(3)4,31(5)6)27-24-35-32(7)38(44)43(37-36(35)28-41-39(42-37)46-11)25-18-19-26-45-48(40(8,9)10,33-20-14-12-15-21-33)34-22-16-13-17-23-34/h12-23,28-31H,25-26H2,1-11H3/b19-18-. The van der Waals surface area contributed by atoms with E-state index in [9.17, 15) is 4.79 Å². The second kappa shape index (κ2) is 15.5. The molecule has 0 aliphatic rings. The predicted molar refractivity (Wildman–Crippen MR) is 211 cm³/mol. The number of pyridine rings is 1. The van der Waals surface area contributed by atoms with Gasteiger partial charge in [-0.25, -0.2) is 9.97 Å². The third kappa shape index (κ3) is 7.21. The van der Waals surface area contributed by atoms with Crippen LogP contribution in [0.25, 0.3) is 11.0 Å². The molecular weight excluding hydrogens is 643 g/mol. The lowest BCUT2D eigenvalue weighted by Crippen LogP contribution is -2.66. The Morgan fingerprint density at radius 2 is 1.44 bits per heavy atom. The lowest BCUT2D eigenvalue weighted by molar-refractivity contribution is 0.339. The van der Waals surface area contributed by atoms with E-state index in [1.54, 1.807) is 4.57 Å². The number of aromatic nitrogens is 3. The topological polar surface area (TPSA) is 57.0 Å². The van der Waals surface area contributed by atoms with Gasteiger partial charge in [0.2, 0.25) is 0 Å². The number of fused-ring (bicyclic) bond motifs is 1. The molecule has 0 bridgehead atoms. The highest BCUT2D eigenvalue weighted by atomic mass is 32.2. The minimum Gasteiger partial charge on any atom is -0.404 e. The van der Waals surface area contributed by atoms with Crippen LogP contribution in [0.2, 0.25) is 21.7 Å². The van der Waals surface area contributed by atoms with Crippen LogP contribution >= 0.6 is 11.8 Å². The lowest BCUT2D eigenvalue weighted by Gasteiger charge is -2.42. The average Bonchev–Trinajstić information content (AvgIpc) is 3.05. The average molecular weight is 696 g/mol. The summed E-state index contributed by atoms with van der Waals surface area (Å²) in [6.45, 7) is 23.4. The fraction of sp³-hybridized carbons (Fsp3) is 0.425. The van der Waals surface area contributed by atoms with Gasteiger partial charge in [0.25, 0.3) is 13.9 Å². The minimum atomic E-state index is -2.67. The lowest BCUT2D eigenvalue weighted by atomic mass is 10.1. The van der Waals surface area contributed by atoms with Crippen molar-refractivity contribution in [2.45, 2.75) is 103 Å². The van der Waals surface area contributed by atoms with Gasteiger partial charge in [-0.1, -0.05) is 153 Å². The first-order valence-electron chi connectivity index (χ1n) is 17.1. The SMILES string of the molecule is CSc1ncc2c(C#C[Si](C(C)C)(C(C)C)C(C)C)c(C)c(=O)n(C/C=C\CO[Si](c3ccccc3)(c3ccccc3)C(C)(C)C)c2n1. The molecule has 254 valence electrons. The molecule has 0 spiro atoms. The van der Waals surface area contributed by atoms with Gasteiger partial charge in [0.05, 0.1) is 12.0 Å². The van der Waals surface area contributed by atoms with Crippen LogP contribution in [0.1, 0.15) is 73.4 Å². The predicted octanol–water partition coefficient (Wildman–Crippen LogP) is 8.52. The molecule has 0 saturated carbocycles. The summed E-state index contributed by atoms with van der Waals surface area (Å²) >= 11 is 1.47. The largest absolute Gasteiger partial charge is 0.404 e. The van der Waals surface area contributed by atoms with Gasteiger partial charge in [0, 0.05) is 23.9 Å². The molecule has 4 rings (SSSR count). The summed E-state index contributed by atoms with van der Waals surface area (Å²) in [6.07, 6.45) is 7.87. The van der Waals surface area contributed by atoms with Gasteiger partial charge in [0.15, 0.2) is 5.16 Å². The van der Waals surface area contributed by atoms with Gasteiger partial charge in [-0.05, 0) is 45.2 Å². The highest BCUT2D eigenvalue weighted by Gasteiger charge is 2.50. The summed E-state index contributed by atoms with van der Waals surface area (Å²) in [5, 5.41) is 3.83. The summed E-state index contributed by atoms with van der Waals surface area (Å²) in [7, 11) is -4.68. The van der Waals surface area contributed by atoms with E-state index in [-0.39, 0.29) is 10.6 Å². The number of hydrogen-bond donors (Lipinski definition) is 0. The van der Waals surface area contributed by atoms with Crippen molar-refractivity contribution in [1.29, 1.82) is 0 Å².